The van der Waals surface area contributed by atoms with Crippen LogP contribution in [0.3, 0.4) is 0 Å². The number of para-hydroxylation sites is 2. The Balaban J connectivity index is 1.20. The van der Waals surface area contributed by atoms with Crippen LogP contribution in [0.15, 0.2) is 170 Å². The smallest absolute Gasteiger partial charge is 0.164 e. The molecule has 0 aliphatic rings. The molecular formula is C43H28N4. The summed E-state index contributed by atoms with van der Waals surface area (Å²) in [6.45, 7) is 0. The molecule has 4 nitrogen and oxygen atoms in total. The van der Waals surface area contributed by atoms with Gasteiger partial charge in [-0.3, -0.25) is 0 Å². The highest BCUT2D eigenvalue weighted by Gasteiger charge is 2.16. The molecule has 9 rings (SSSR count). The van der Waals surface area contributed by atoms with E-state index in [1.807, 2.05) is 60.7 Å². The van der Waals surface area contributed by atoms with Crippen molar-refractivity contribution in [2.45, 2.75) is 0 Å². The van der Waals surface area contributed by atoms with Crippen LogP contribution in [-0.2, 0) is 0 Å². The van der Waals surface area contributed by atoms with Gasteiger partial charge in [-0.15, -0.1) is 0 Å². The van der Waals surface area contributed by atoms with Crippen LogP contribution in [-0.4, -0.2) is 19.5 Å². The van der Waals surface area contributed by atoms with Gasteiger partial charge in [0.05, 0.1) is 11.0 Å². The highest BCUT2D eigenvalue weighted by Crippen LogP contribution is 2.36. The van der Waals surface area contributed by atoms with Crippen molar-refractivity contribution in [3.63, 3.8) is 0 Å². The summed E-state index contributed by atoms with van der Waals surface area (Å²) in [6, 6.07) is 59.3. The number of hydrogen-bond acceptors (Lipinski definition) is 3. The number of nitrogens with zero attached hydrogens (tertiary/aromatic N) is 4. The largest absolute Gasteiger partial charge is 0.309 e. The van der Waals surface area contributed by atoms with Crippen molar-refractivity contribution >= 4 is 32.6 Å². The summed E-state index contributed by atoms with van der Waals surface area (Å²) < 4.78 is 2.35. The van der Waals surface area contributed by atoms with Crippen molar-refractivity contribution < 1.29 is 0 Å². The van der Waals surface area contributed by atoms with E-state index in [1.54, 1.807) is 0 Å². The molecule has 0 saturated carbocycles. The lowest BCUT2D eigenvalue weighted by Crippen LogP contribution is -2.00. The van der Waals surface area contributed by atoms with Gasteiger partial charge in [0.15, 0.2) is 17.5 Å². The molecule has 2 heterocycles. The van der Waals surface area contributed by atoms with E-state index in [2.05, 4.69) is 114 Å². The second-order valence-corrected chi connectivity index (χ2v) is 11.7. The van der Waals surface area contributed by atoms with Crippen molar-refractivity contribution in [2.75, 3.05) is 0 Å². The number of fused-ring (bicyclic) bond motifs is 4. The second kappa shape index (κ2) is 11.2. The molecule has 9 aromatic rings. The van der Waals surface area contributed by atoms with Crippen LogP contribution in [0.4, 0.5) is 0 Å². The van der Waals surface area contributed by atoms with Crippen molar-refractivity contribution in [1.82, 2.24) is 19.5 Å². The minimum atomic E-state index is 0.645. The van der Waals surface area contributed by atoms with Gasteiger partial charge in [0.1, 0.15) is 0 Å². The molecule has 0 N–H and O–H groups in total. The van der Waals surface area contributed by atoms with Gasteiger partial charge in [0.25, 0.3) is 0 Å². The number of benzene rings is 7. The van der Waals surface area contributed by atoms with Crippen LogP contribution in [0.5, 0.6) is 0 Å². The summed E-state index contributed by atoms with van der Waals surface area (Å²) in [5.41, 5.74) is 8.65. The maximum absolute atomic E-state index is 5.02. The third-order valence-corrected chi connectivity index (χ3v) is 8.84. The summed E-state index contributed by atoms with van der Waals surface area (Å²) in [7, 11) is 0. The second-order valence-electron chi connectivity index (χ2n) is 11.7. The van der Waals surface area contributed by atoms with E-state index < -0.39 is 0 Å². The minimum absolute atomic E-state index is 0.645. The van der Waals surface area contributed by atoms with Gasteiger partial charge in [0.2, 0.25) is 0 Å². The Morgan fingerprint density at radius 2 is 0.809 bits per heavy atom. The molecule has 4 heteroatoms. The highest BCUT2D eigenvalue weighted by atomic mass is 15.0. The summed E-state index contributed by atoms with van der Waals surface area (Å²) in [4.78, 5) is 14.9. The summed E-state index contributed by atoms with van der Waals surface area (Å²) in [6.07, 6.45) is 0. The Labute approximate surface area is 272 Å². The first kappa shape index (κ1) is 27.0. The predicted molar refractivity (Wildman–Crippen MR) is 193 cm³/mol. The number of aromatic nitrogens is 4. The van der Waals surface area contributed by atoms with Crippen LogP contribution in [0.1, 0.15) is 0 Å². The average molecular weight is 601 g/mol. The lowest BCUT2D eigenvalue weighted by atomic mass is 9.95. The molecule has 0 bridgehead atoms. The van der Waals surface area contributed by atoms with Gasteiger partial charge in [0, 0.05) is 33.2 Å². The topological polar surface area (TPSA) is 43.6 Å². The third-order valence-electron chi connectivity index (χ3n) is 8.84. The molecule has 2 aromatic heterocycles. The van der Waals surface area contributed by atoms with Crippen molar-refractivity contribution in [2.24, 2.45) is 0 Å². The first-order chi connectivity index (χ1) is 23.3. The molecule has 0 unspecified atom stereocenters. The first-order valence-corrected chi connectivity index (χ1v) is 15.8. The Hall–Kier alpha value is -6.39. The Morgan fingerprint density at radius 3 is 1.38 bits per heavy atom. The summed E-state index contributed by atoms with van der Waals surface area (Å²) >= 11 is 0. The molecule has 0 spiro atoms. The van der Waals surface area contributed by atoms with Crippen molar-refractivity contribution in [3.8, 4) is 51.0 Å². The number of hydrogen-bond donors (Lipinski definition) is 0. The highest BCUT2D eigenvalue weighted by molar-refractivity contribution is 6.09. The van der Waals surface area contributed by atoms with Crippen LogP contribution < -0.4 is 0 Å². The lowest BCUT2D eigenvalue weighted by molar-refractivity contribution is 1.07. The fourth-order valence-corrected chi connectivity index (χ4v) is 6.61. The molecule has 0 radical (unpaired) electrons. The monoisotopic (exact) mass is 600 g/mol. The molecule has 220 valence electrons. The quantitative estimate of drug-likeness (QED) is 0.197. The number of rotatable bonds is 5. The molecular weight excluding hydrogens is 573 g/mol. The van der Waals surface area contributed by atoms with E-state index in [0.29, 0.717) is 17.5 Å². The molecule has 7 aromatic carbocycles. The van der Waals surface area contributed by atoms with Crippen LogP contribution in [0, 0.1) is 0 Å². The average Bonchev–Trinajstić information content (AvgIpc) is 3.49. The van der Waals surface area contributed by atoms with E-state index >= 15 is 0 Å². The molecule has 0 atom stereocenters. The fraction of sp³-hybridized carbons (Fsp3) is 0. The Kier molecular flexibility index (Phi) is 6.43. The van der Waals surface area contributed by atoms with Gasteiger partial charge in [-0.2, -0.15) is 0 Å². The molecule has 0 aliphatic carbocycles. The molecule has 47 heavy (non-hydrogen) atoms. The molecule has 0 amide bonds. The van der Waals surface area contributed by atoms with E-state index in [9.17, 15) is 0 Å². The van der Waals surface area contributed by atoms with Gasteiger partial charge in [-0.1, -0.05) is 133 Å². The van der Waals surface area contributed by atoms with Gasteiger partial charge < -0.3 is 4.57 Å². The SMILES string of the molecule is c1ccc(-c2nc(-c3ccccc3)nc(-c3cc(-c4ccc(-n5c6ccccc6c6ccccc65)cc4)c4ccccc4c3)n2)cc1. The summed E-state index contributed by atoms with van der Waals surface area (Å²) in [5.74, 6) is 1.95. The van der Waals surface area contributed by atoms with Gasteiger partial charge in [-0.25, -0.2) is 15.0 Å². The molecule has 0 aliphatic heterocycles. The zero-order valence-electron chi connectivity index (χ0n) is 25.5. The van der Waals surface area contributed by atoms with Gasteiger partial charge in [-0.05, 0) is 58.3 Å². The molecule has 0 fully saturated rings. The maximum atomic E-state index is 5.02. The van der Waals surface area contributed by atoms with Crippen LogP contribution in [0.25, 0.3) is 83.6 Å². The predicted octanol–water partition coefficient (Wildman–Crippen LogP) is 10.8. The normalized spacial score (nSPS) is 11.4. The fourth-order valence-electron chi connectivity index (χ4n) is 6.61. The zero-order valence-corrected chi connectivity index (χ0v) is 25.5. The Morgan fingerprint density at radius 1 is 0.340 bits per heavy atom. The van der Waals surface area contributed by atoms with E-state index in [4.69, 9.17) is 15.0 Å². The van der Waals surface area contributed by atoms with E-state index in [0.717, 1.165) is 38.9 Å². The summed E-state index contributed by atoms with van der Waals surface area (Å²) in [5, 5.41) is 4.83. The lowest BCUT2D eigenvalue weighted by Gasteiger charge is -2.13. The Bertz CT molecular complexity index is 2440. The molecule has 0 saturated heterocycles. The standard InChI is InChI=1S/C43H28N4/c1-3-13-30(14-4-1)41-44-42(31-15-5-2-6-16-31)46-43(45-41)33-27-32-17-7-8-18-35(32)38(28-33)29-23-25-34(26-24-29)47-39-21-11-9-19-36(39)37-20-10-12-22-40(37)47/h1-28H. The van der Waals surface area contributed by atoms with Crippen molar-refractivity contribution in [3.05, 3.63) is 170 Å². The van der Waals surface area contributed by atoms with Crippen molar-refractivity contribution in [1.29, 1.82) is 0 Å². The first-order valence-electron chi connectivity index (χ1n) is 15.8. The van der Waals surface area contributed by atoms with Crippen LogP contribution >= 0.6 is 0 Å². The van der Waals surface area contributed by atoms with Gasteiger partial charge >= 0.3 is 0 Å². The third kappa shape index (κ3) is 4.75. The van der Waals surface area contributed by atoms with E-state index in [-0.39, 0.29) is 0 Å². The minimum Gasteiger partial charge on any atom is -0.309 e. The zero-order chi connectivity index (χ0) is 31.2. The van der Waals surface area contributed by atoms with Crippen LogP contribution in [0.2, 0.25) is 0 Å². The van der Waals surface area contributed by atoms with E-state index in [1.165, 1.54) is 27.2 Å². The maximum Gasteiger partial charge on any atom is 0.164 e.